The van der Waals surface area contributed by atoms with Gasteiger partial charge in [-0.1, -0.05) is 25.7 Å². The first kappa shape index (κ1) is 14.3. The van der Waals surface area contributed by atoms with Crippen molar-refractivity contribution in [2.24, 2.45) is 11.8 Å². The third kappa shape index (κ3) is 6.17. The molecule has 3 nitrogen and oxygen atoms in total. The number of nitrogens with one attached hydrogen (secondary N) is 1. The number of rotatable bonds is 10. The van der Waals surface area contributed by atoms with Crippen LogP contribution in [0.5, 0.6) is 0 Å². The molecule has 1 atom stereocenters. The predicted octanol–water partition coefficient (Wildman–Crippen LogP) is 2.33. The van der Waals surface area contributed by atoms with E-state index >= 15 is 0 Å². The maximum Gasteiger partial charge on any atom is 0.0667 e. The van der Waals surface area contributed by atoms with Crippen LogP contribution in [-0.4, -0.2) is 37.5 Å². The highest BCUT2D eigenvalue weighted by Gasteiger charge is 2.21. The van der Waals surface area contributed by atoms with Crippen molar-refractivity contribution in [3.05, 3.63) is 0 Å². The fourth-order valence-electron chi connectivity index (χ4n) is 2.82. The molecule has 2 fully saturated rings. The fraction of sp³-hybridized carbons (Fsp3) is 1.00. The van der Waals surface area contributed by atoms with Gasteiger partial charge < -0.3 is 15.2 Å². The highest BCUT2D eigenvalue weighted by atomic mass is 16.5. The van der Waals surface area contributed by atoms with Crippen molar-refractivity contribution >= 4 is 0 Å². The van der Waals surface area contributed by atoms with Crippen molar-refractivity contribution in [3.8, 4) is 0 Å². The minimum Gasteiger partial charge on any atom is -0.392 e. The lowest BCUT2D eigenvalue weighted by Crippen LogP contribution is -2.29. The molecule has 0 saturated heterocycles. The Balaban J connectivity index is 1.35. The van der Waals surface area contributed by atoms with Gasteiger partial charge in [-0.15, -0.1) is 0 Å². The molecular formula is C15H29NO2. The highest BCUT2D eigenvalue weighted by Crippen LogP contribution is 2.29. The molecule has 106 valence electrons. The van der Waals surface area contributed by atoms with Gasteiger partial charge >= 0.3 is 0 Å². The Kier molecular flexibility index (Phi) is 6.46. The zero-order valence-corrected chi connectivity index (χ0v) is 11.6. The molecule has 2 N–H and O–H groups in total. The van der Waals surface area contributed by atoms with Crippen molar-refractivity contribution < 1.29 is 9.84 Å². The van der Waals surface area contributed by atoms with Gasteiger partial charge in [-0.25, -0.2) is 0 Å². The molecule has 0 aromatic carbocycles. The van der Waals surface area contributed by atoms with E-state index in [-0.39, 0.29) is 6.10 Å². The van der Waals surface area contributed by atoms with Gasteiger partial charge in [0.1, 0.15) is 0 Å². The summed E-state index contributed by atoms with van der Waals surface area (Å²) in [6.45, 7) is 3.54. The lowest BCUT2D eigenvalue weighted by Gasteiger charge is -2.15. The lowest BCUT2D eigenvalue weighted by molar-refractivity contribution is 0.117. The van der Waals surface area contributed by atoms with Crippen molar-refractivity contribution in [2.45, 2.75) is 57.5 Å². The molecule has 0 heterocycles. The number of aliphatic hydroxyl groups is 1. The molecule has 2 rings (SSSR count). The second-order valence-electron chi connectivity index (χ2n) is 6.12. The first-order chi connectivity index (χ1) is 8.84. The van der Waals surface area contributed by atoms with Crippen molar-refractivity contribution in [3.63, 3.8) is 0 Å². The smallest absolute Gasteiger partial charge is 0.0667 e. The molecule has 18 heavy (non-hydrogen) atoms. The molecule has 0 bridgehead atoms. The van der Waals surface area contributed by atoms with Gasteiger partial charge in [-0.05, 0) is 44.1 Å². The van der Waals surface area contributed by atoms with Crippen molar-refractivity contribution in [1.82, 2.24) is 5.32 Å². The van der Waals surface area contributed by atoms with Gasteiger partial charge in [-0.2, -0.15) is 0 Å². The third-order valence-electron chi connectivity index (χ3n) is 4.15. The quantitative estimate of drug-likeness (QED) is 0.589. The number of hydrogen-bond donors (Lipinski definition) is 2. The summed E-state index contributed by atoms with van der Waals surface area (Å²) in [6, 6.07) is 0. The normalized spacial score (nSPS) is 22.5. The standard InChI is InChI=1S/C15H29NO2/c17-15(10-13-4-1-2-5-13)11-16-8-3-9-18-12-14-6-7-14/h13-17H,1-12H2. The Bertz CT molecular complexity index is 213. The summed E-state index contributed by atoms with van der Waals surface area (Å²) < 4.78 is 5.57. The second kappa shape index (κ2) is 8.13. The van der Waals surface area contributed by atoms with Gasteiger partial charge in [-0.3, -0.25) is 0 Å². The molecular weight excluding hydrogens is 226 g/mol. The maximum atomic E-state index is 9.90. The Labute approximate surface area is 111 Å². The van der Waals surface area contributed by atoms with Crippen LogP contribution in [-0.2, 0) is 4.74 Å². The average Bonchev–Trinajstić information content (AvgIpc) is 3.04. The fourth-order valence-corrected chi connectivity index (χ4v) is 2.82. The molecule has 3 heteroatoms. The van der Waals surface area contributed by atoms with E-state index in [2.05, 4.69) is 5.32 Å². The second-order valence-corrected chi connectivity index (χ2v) is 6.12. The Morgan fingerprint density at radius 2 is 1.89 bits per heavy atom. The topological polar surface area (TPSA) is 41.5 Å². The van der Waals surface area contributed by atoms with Crippen molar-refractivity contribution in [1.29, 1.82) is 0 Å². The summed E-state index contributed by atoms with van der Waals surface area (Å²) in [5.41, 5.74) is 0. The summed E-state index contributed by atoms with van der Waals surface area (Å²) in [7, 11) is 0. The number of hydrogen-bond acceptors (Lipinski definition) is 3. The van der Waals surface area contributed by atoms with Crippen LogP contribution in [0, 0.1) is 11.8 Å². The Hall–Kier alpha value is -0.120. The predicted molar refractivity (Wildman–Crippen MR) is 73.6 cm³/mol. The first-order valence-corrected chi connectivity index (χ1v) is 7.81. The van der Waals surface area contributed by atoms with Gasteiger partial charge in [0.25, 0.3) is 0 Å². The van der Waals surface area contributed by atoms with E-state index in [1.807, 2.05) is 0 Å². The molecule has 0 spiro atoms. The average molecular weight is 255 g/mol. The van der Waals surface area contributed by atoms with E-state index in [4.69, 9.17) is 4.74 Å². The van der Waals surface area contributed by atoms with E-state index in [0.29, 0.717) is 0 Å². The van der Waals surface area contributed by atoms with E-state index in [1.165, 1.54) is 38.5 Å². The molecule has 0 amide bonds. The minimum atomic E-state index is -0.152. The zero-order chi connectivity index (χ0) is 12.6. The van der Waals surface area contributed by atoms with Crippen LogP contribution >= 0.6 is 0 Å². The van der Waals surface area contributed by atoms with Crippen molar-refractivity contribution in [2.75, 3.05) is 26.3 Å². The van der Waals surface area contributed by atoms with Crippen LogP contribution in [0.15, 0.2) is 0 Å². The zero-order valence-electron chi connectivity index (χ0n) is 11.6. The van der Waals surface area contributed by atoms with Gasteiger partial charge in [0.05, 0.1) is 6.10 Å². The highest BCUT2D eigenvalue weighted by molar-refractivity contribution is 4.73. The minimum absolute atomic E-state index is 0.152. The summed E-state index contributed by atoms with van der Waals surface area (Å²) >= 11 is 0. The van der Waals surface area contributed by atoms with Crippen LogP contribution in [0.3, 0.4) is 0 Å². The van der Waals surface area contributed by atoms with Gasteiger partial charge in [0, 0.05) is 19.8 Å². The van der Waals surface area contributed by atoms with E-state index in [9.17, 15) is 5.11 Å². The molecule has 0 aliphatic heterocycles. The number of aliphatic hydroxyl groups excluding tert-OH is 1. The molecule has 2 aliphatic rings. The third-order valence-corrected chi connectivity index (χ3v) is 4.15. The lowest BCUT2D eigenvalue weighted by atomic mass is 10.0. The molecule has 1 unspecified atom stereocenters. The van der Waals surface area contributed by atoms with Gasteiger partial charge in [0.2, 0.25) is 0 Å². The summed E-state index contributed by atoms with van der Waals surface area (Å²) in [5.74, 6) is 1.65. The monoisotopic (exact) mass is 255 g/mol. The molecule has 0 aromatic rings. The number of ether oxygens (including phenoxy) is 1. The molecule has 2 saturated carbocycles. The van der Waals surface area contributed by atoms with Crippen LogP contribution in [0.1, 0.15) is 51.4 Å². The van der Waals surface area contributed by atoms with Crippen LogP contribution < -0.4 is 5.32 Å². The summed E-state index contributed by atoms with van der Waals surface area (Å²) in [4.78, 5) is 0. The first-order valence-electron chi connectivity index (χ1n) is 7.81. The van der Waals surface area contributed by atoms with Crippen LogP contribution in [0.2, 0.25) is 0 Å². The van der Waals surface area contributed by atoms with Crippen LogP contribution in [0.4, 0.5) is 0 Å². The SMILES string of the molecule is OC(CNCCCOCC1CC1)CC1CCCC1. The Morgan fingerprint density at radius 1 is 1.11 bits per heavy atom. The molecule has 0 aromatic heterocycles. The van der Waals surface area contributed by atoms with Gasteiger partial charge in [0.15, 0.2) is 0 Å². The maximum absolute atomic E-state index is 9.90. The van der Waals surface area contributed by atoms with E-state index in [0.717, 1.165) is 51.0 Å². The summed E-state index contributed by atoms with van der Waals surface area (Å²) in [5, 5.41) is 13.2. The van der Waals surface area contributed by atoms with E-state index in [1.54, 1.807) is 0 Å². The molecule has 0 radical (unpaired) electrons. The van der Waals surface area contributed by atoms with E-state index < -0.39 is 0 Å². The molecule has 2 aliphatic carbocycles. The summed E-state index contributed by atoms with van der Waals surface area (Å²) in [6.07, 6.45) is 10.0. The van der Waals surface area contributed by atoms with Crippen LogP contribution in [0.25, 0.3) is 0 Å². The largest absolute Gasteiger partial charge is 0.392 e. The Morgan fingerprint density at radius 3 is 2.61 bits per heavy atom.